The van der Waals surface area contributed by atoms with Crippen LogP contribution in [-0.2, 0) is 0 Å². The predicted molar refractivity (Wildman–Crippen MR) is 199 cm³/mol. The van der Waals surface area contributed by atoms with Crippen LogP contribution in [0.2, 0.25) is 0 Å². The number of hydrogen-bond donors (Lipinski definition) is 0. The Hall–Kier alpha value is -5.22. The molecule has 0 saturated heterocycles. The Kier molecular flexibility index (Phi) is 5.39. The van der Waals surface area contributed by atoms with Crippen LogP contribution in [0, 0.1) is 0 Å². The third kappa shape index (κ3) is 3.72. The lowest BCUT2D eigenvalue weighted by atomic mass is 9.94. The summed E-state index contributed by atoms with van der Waals surface area (Å²) in [7, 11) is 0. The van der Waals surface area contributed by atoms with E-state index in [0.717, 1.165) is 5.69 Å². The summed E-state index contributed by atoms with van der Waals surface area (Å²) in [5.41, 5.74) is 3.54. The minimum atomic E-state index is 1.16. The van der Waals surface area contributed by atoms with E-state index in [9.17, 15) is 0 Å². The Bertz CT molecular complexity index is 2750. The van der Waals surface area contributed by atoms with Gasteiger partial charge in [0.15, 0.2) is 0 Å². The quantitative estimate of drug-likeness (QED) is 0.181. The highest BCUT2D eigenvalue weighted by atomic mass is 32.1. The maximum atomic E-state index is 2.48. The molecule has 0 atom stereocenters. The van der Waals surface area contributed by atoms with Crippen molar-refractivity contribution < 1.29 is 0 Å². The summed E-state index contributed by atoms with van der Waals surface area (Å²) in [6.45, 7) is 0. The Morgan fingerprint density at radius 3 is 1.47 bits per heavy atom. The molecule has 0 bridgehead atoms. The van der Waals surface area contributed by atoms with Crippen LogP contribution in [0.3, 0.4) is 0 Å². The molecular weight excluding hydrogens is 583 g/mol. The summed E-state index contributed by atoms with van der Waals surface area (Å²) in [6.07, 6.45) is 0. The lowest BCUT2D eigenvalue weighted by Crippen LogP contribution is -2.10. The fourth-order valence-electron chi connectivity index (χ4n) is 7.22. The molecule has 45 heavy (non-hydrogen) atoms. The van der Waals surface area contributed by atoms with E-state index in [2.05, 4.69) is 157 Å². The molecule has 0 unspecified atom stereocenters. The fraction of sp³-hybridized carbons (Fsp3) is 0. The van der Waals surface area contributed by atoms with Crippen molar-refractivity contribution in [2.45, 2.75) is 0 Å². The molecule has 0 spiro atoms. The fourth-order valence-corrected chi connectivity index (χ4v) is 9.57. The van der Waals surface area contributed by atoms with Crippen molar-refractivity contribution in [3.05, 3.63) is 152 Å². The molecule has 2 heterocycles. The molecule has 3 heteroatoms. The van der Waals surface area contributed by atoms with E-state index in [1.54, 1.807) is 0 Å². The van der Waals surface area contributed by atoms with Gasteiger partial charge in [-0.05, 0) is 74.8 Å². The number of anilines is 3. The first-order chi connectivity index (χ1) is 22.3. The lowest BCUT2D eigenvalue weighted by molar-refractivity contribution is 1.32. The SMILES string of the molecule is c1ccc2c(c1)sc1cc(N(c3ccc4c5ccccc5c5ccccc5c4c3)c3cccc4c3sc3ccccc34)ccc12. The van der Waals surface area contributed by atoms with Crippen molar-refractivity contribution in [2.24, 2.45) is 0 Å². The molecule has 2 aromatic heterocycles. The first-order valence-electron chi connectivity index (χ1n) is 15.3. The van der Waals surface area contributed by atoms with Gasteiger partial charge in [-0.1, -0.05) is 109 Å². The van der Waals surface area contributed by atoms with E-state index < -0.39 is 0 Å². The monoisotopic (exact) mass is 607 g/mol. The number of benzene rings is 8. The zero-order valence-electron chi connectivity index (χ0n) is 24.2. The summed E-state index contributed by atoms with van der Waals surface area (Å²) >= 11 is 3.76. The van der Waals surface area contributed by atoms with Crippen LogP contribution in [0.15, 0.2) is 152 Å². The summed E-state index contributed by atoms with van der Waals surface area (Å²) in [5.74, 6) is 0. The summed E-state index contributed by atoms with van der Waals surface area (Å²) < 4.78 is 5.25. The predicted octanol–water partition coefficient (Wildman–Crippen LogP) is 13.4. The molecule has 0 aliphatic carbocycles. The highest BCUT2D eigenvalue weighted by Gasteiger charge is 2.20. The summed E-state index contributed by atoms with van der Waals surface area (Å²) in [4.78, 5) is 2.48. The molecule has 0 N–H and O–H groups in total. The van der Waals surface area contributed by atoms with Gasteiger partial charge in [-0.25, -0.2) is 0 Å². The number of fused-ring (bicyclic) bond motifs is 12. The Morgan fingerprint density at radius 2 is 0.778 bits per heavy atom. The maximum Gasteiger partial charge on any atom is 0.0640 e. The van der Waals surface area contributed by atoms with E-state index in [0.29, 0.717) is 0 Å². The third-order valence-corrected chi connectivity index (χ3v) is 11.6. The van der Waals surface area contributed by atoms with Crippen LogP contribution >= 0.6 is 22.7 Å². The van der Waals surface area contributed by atoms with Crippen molar-refractivity contribution in [3.8, 4) is 0 Å². The summed E-state index contributed by atoms with van der Waals surface area (Å²) in [5, 5.41) is 13.0. The van der Waals surface area contributed by atoms with Gasteiger partial charge in [0.2, 0.25) is 0 Å². The average Bonchev–Trinajstić information content (AvgIpc) is 3.67. The van der Waals surface area contributed by atoms with E-state index in [-0.39, 0.29) is 0 Å². The van der Waals surface area contributed by atoms with Crippen LogP contribution in [0.5, 0.6) is 0 Å². The Balaban J connectivity index is 1.29. The van der Waals surface area contributed by atoms with Gasteiger partial charge < -0.3 is 4.90 Å². The molecule has 10 rings (SSSR count). The van der Waals surface area contributed by atoms with Crippen molar-refractivity contribution in [3.63, 3.8) is 0 Å². The number of thiophene rings is 2. The highest BCUT2D eigenvalue weighted by molar-refractivity contribution is 7.26. The van der Waals surface area contributed by atoms with Gasteiger partial charge in [0, 0.05) is 47.0 Å². The maximum absolute atomic E-state index is 2.48. The molecule has 0 aliphatic rings. The highest BCUT2D eigenvalue weighted by Crippen LogP contribution is 2.47. The first kappa shape index (κ1) is 25.1. The molecule has 0 fully saturated rings. The smallest absolute Gasteiger partial charge is 0.0640 e. The van der Waals surface area contributed by atoms with E-state index in [1.165, 1.54) is 84.0 Å². The van der Waals surface area contributed by atoms with Crippen LogP contribution in [0.4, 0.5) is 17.1 Å². The van der Waals surface area contributed by atoms with Crippen LogP contribution in [0.25, 0.3) is 72.7 Å². The largest absolute Gasteiger partial charge is 0.309 e. The molecule has 0 radical (unpaired) electrons. The van der Waals surface area contributed by atoms with Gasteiger partial charge in [0.25, 0.3) is 0 Å². The second-order valence-electron chi connectivity index (χ2n) is 11.7. The molecule has 8 aromatic carbocycles. The lowest BCUT2D eigenvalue weighted by Gasteiger charge is -2.27. The molecule has 0 amide bonds. The summed E-state index contributed by atoms with van der Waals surface area (Å²) in [6, 6.07) is 56.0. The van der Waals surface area contributed by atoms with Crippen LogP contribution in [-0.4, -0.2) is 0 Å². The molecule has 0 saturated carbocycles. The minimum absolute atomic E-state index is 1.16. The number of rotatable bonds is 3. The van der Waals surface area contributed by atoms with Crippen LogP contribution in [0.1, 0.15) is 0 Å². The van der Waals surface area contributed by atoms with Crippen LogP contribution < -0.4 is 4.90 Å². The molecular formula is C42H25NS2. The normalized spacial score (nSPS) is 12.0. The van der Waals surface area contributed by atoms with Crippen molar-refractivity contribution in [1.29, 1.82) is 0 Å². The molecule has 1 nitrogen and oxygen atoms in total. The van der Waals surface area contributed by atoms with Crippen molar-refractivity contribution >= 4 is 112 Å². The van der Waals surface area contributed by atoms with Gasteiger partial charge in [-0.15, -0.1) is 22.7 Å². The molecule has 210 valence electrons. The molecule has 10 aromatic rings. The van der Waals surface area contributed by atoms with Gasteiger partial charge in [-0.2, -0.15) is 0 Å². The first-order valence-corrected chi connectivity index (χ1v) is 16.9. The van der Waals surface area contributed by atoms with Crippen molar-refractivity contribution in [1.82, 2.24) is 0 Å². The molecule has 0 aliphatic heterocycles. The Labute approximate surface area is 267 Å². The standard InChI is InChI=1S/C42H25NS2/c1-2-12-30-28(10-1)29-11-3-4-13-31(29)37-24-26(20-22-32(30)37)43(27-21-23-35-33-14-5-7-18-39(33)44-41(35)25-27)38-17-9-16-36-34-15-6-8-19-40(34)45-42(36)38/h1-25H. The third-order valence-electron chi connectivity index (χ3n) is 9.23. The number of hydrogen-bond acceptors (Lipinski definition) is 3. The van der Waals surface area contributed by atoms with Gasteiger partial charge in [0.05, 0.1) is 10.4 Å². The van der Waals surface area contributed by atoms with Gasteiger partial charge >= 0.3 is 0 Å². The van der Waals surface area contributed by atoms with E-state index >= 15 is 0 Å². The van der Waals surface area contributed by atoms with Gasteiger partial charge in [0.1, 0.15) is 0 Å². The van der Waals surface area contributed by atoms with Crippen molar-refractivity contribution in [2.75, 3.05) is 4.90 Å². The van der Waals surface area contributed by atoms with E-state index in [1.807, 2.05) is 22.7 Å². The second kappa shape index (κ2) is 9.64. The topological polar surface area (TPSA) is 3.24 Å². The zero-order chi connectivity index (χ0) is 29.5. The second-order valence-corrected chi connectivity index (χ2v) is 13.8. The number of nitrogens with zero attached hydrogens (tertiary/aromatic N) is 1. The zero-order valence-corrected chi connectivity index (χ0v) is 25.8. The van der Waals surface area contributed by atoms with E-state index in [4.69, 9.17) is 0 Å². The Morgan fingerprint density at radius 1 is 0.311 bits per heavy atom. The average molecular weight is 608 g/mol. The van der Waals surface area contributed by atoms with Gasteiger partial charge in [-0.3, -0.25) is 0 Å². The minimum Gasteiger partial charge on any atom is -0.309 e.